The maximum atomic E-state index is 12.1. The van der Waals surface area contributed by atoms with Crippen molar-refractivity contribution in [1.29, 1.82) is 0 Å². The summed E-state index contributed by atoms with van der Waals surface area (Å²) in [7, 11) is 0. The van der Waals surface area contributed by atoms with Crippen LogP contribution in [0, 0.1) is 0 Å². The summed E-state index contributed by atoms with van der Waals surface area (Å²) in [6.07, 6.45) is 6.75. The molecule has 116 valence electrons. The maximum absolute atomic E-state index is 12.1. The summed E-state index contributed by atoms with van der Waals surface area (Å²) in [6, 6.07) is 5.45. The van der Waals surface area contributed by atoms with Gasteiger partial charge < -0.3 is 4.90 Å². The molecule has 0 radical (unpaired) electrons. The van der Waals surface area contributed by atoms with Gasteiger partial charge in [-0.3, -0.25) is 9.69 Å². The Morgan fingerprint density at radius 3 is 2.86 bits per heavy atom. The van der Waals surface area contributed by atoms with Crippen LogP contribution in [0.15, 0.2) is 17.5 Å². The Morgan fingerprint density at radius 1 is 1.29 bits per heavy atom. The fourth-order valence-corrected chi connectivity index (χ4v) is 4.68. The van der Waals surface area contributed by atoms with E-state index in [1.165, 1.54) is 37.1 Å². The van der Waals surface area contributed by atoms with Crippen LogP contribution in [0.1, 0.15) is 43.9 Å². The van der Waals surface area contributed by atoms with Crippen LogP contribution in [0.3, 0.4) is 0 Å². The van der Waals surface area contributed by atoms with Gasteiger partial charge in [-0.15, -0.1) is 11.3 Å². The second kappa shape index (κ2) is 6.93. The number of likely N-dealkylation sites (tertiary alicyclic amines) is 2. The first-order valence-corrected chi connectivity index (χ1v) is 9.23. The molecule has 0 spiro atoms. The lowest BCUT2D eigenvalue weighted by Gasteiger charge is -2.35. The van der Waals surface area contributed by atoms with Crippen LogP contribution in [-0.4, -0.2) is 47.4 Å². The zero-order valence-electron chi connectivity index (χ0n) is 13.0. The van der Waals surface area contributed by atoms with Crippen LogP contribution in [-0.2, 0) is 11.2 Å². The number of thiophene rings is 1. The van der Waals surface area contributed by atoms with Crippen LogP contribution in [0.4, 0.5) is 0 Å². The molecule has 3 nitrogen and oxygen atoms in total. The van der Waals surface area contributed by atoms with Crippen LogP contribution < -0.4 is 0 Å². The average Bonchev–Trinajstić information content (AvgIpc) is 3.22. The predicted molar refractivity (Wildman–Crippen MR) is 87.6 cm³/mol. The number of hydrogen-bond donors (Lipinski definition) is 0. The third-order valence-corrected chi connectivity index (χ3v) is 5.94. The molecule has 21 heavy (non-hydrogen) atoms. The van der Waals surface area contributed by atoms with Gasteiger partial charge in [-0.2, -0.15) is 0 Å². The molecule has 2 saturated heterocycles. The molecule has 0 N–H and O–H groups in total. The number of amides is 1. The Balaban J connectivity index is 1.61. The van der Waals surface area contributed by atoms with Crippen LogP contribution in [0.2, 0.25) is 0 Å². The molecule has 3 rings (SSSR count). The van der Waals surface area contributed by atoms with E-state index in [1.54, 1.807) is 0 Å². The van der Waals surface area contributed by atoms with Gasteiger partial charge in [0, 0.05) is 36.5 Å². The molecule has 2 atom stereocenters. The molecule has 0 aromatic carbocycles. The van der Waals surface area contributed by atoms with Crippen molar-refractivity contribution in [2.75, 3.05) is 19.6 Å². The molecule has 2 fully saturated rings. The van der Waals surface area contributed by atoms with Crippen molar-refractivity contribution in [3.8, 4) is 0 Å². The number of carbonyl (C=O) groups is 1. The monoisotopic (exact) mass is 306 g/mol. The Morgan fingerprint density at radius 2 is 2.10 bits per heavy atom. The van der Waals surface area contributed by atoms with Crippen molar-refractivity contribution in [2.24, 2.45) is 0 Å². The van der Waals surface area contributed by atoms with Crippen molar-refractivity contribution in [3.63, 3.8) is 0 Å². The summed E-state index contributed by atoms with van der Waals surface area (Å²) in [5.41, 5.74) is 0. The highest BCUT2D eigenvalue weighted by atomic mass is 32.1. The molecule has 3 heterocycles. The Hall–Kier alpha value is -0.870. The summed E-state index contributed by atoms with van der Waals surface area (Å²) >= 11 is 1.86. The fourth-order valence-electron chi connectivity index (χ4n) is 3.98. The molecule has 4 heteroatoms. The molecule has 0 aliphatic carbocycles. The third kappa shape index (κ3) is 3.32. The van der Waals surface area contributed by atoms with Gasteiger partial charge in [0.15, 0.2) is 0 Å². The van der Waals surface area contributed by atoms with E-state index in [4.69, 9.17) is 0 Å². The van der Waals surface area contributed by atoms with Gasteiger partial charge in [-0.25, -0.2) is 0 Å². The number of rotatable bonds is 5. The number of carbonyl (C=O) groups excluding carboxylic acids is 1. The molecule has 1 aromatic heterocycles. The molecule has 0 bridgehead atoms. The van der Waals surface area contributed by atoms with Gasteiger partial charge in [0.2, 0.25) is 5.91 Å². The number of nitrogens with zero attached hydrogens (tertiary/aromatic N) is 2. The molecular formula is C17H26N2OS. The smallest absolute Gasteiger partial charge is 0.222 e. The third-order valence-electron chi connectivity index (χ3n) is 5.01. The minimum Gasteiger partial charge on any atom is -0.338 e. The largest absolute Gasteiger partial charge is 0.338 e. The van der Waals surface area contributed by atoms with E-state index in [2.05, 4.69) is 27.3 Å². The Bertz CT molecular complexity index is 459. The molecule has 2 aliphatic rings. The summed E-state index contributed by atoms with van der Waals surface area (Å²) in [6.45, 7) is 5.32. The zero-order chi connectivity index (χ0) is 14.7. The highest BCUT2D eigenvalue weighted by Crippen LogP contribution is 2.30. The van der Waals surface area contributed by atoms with E-state index >= 15 is 0 Å². The molecule has 1 amide bonds. The van der Waals surface area contributed by atoms with Crippen molar-refractivity contribution in [2.45, 2.75) is 57.5 Å². The van der Waals surface area contributed by atoms with E-state index in [-0.39, 0.29) is 0 Å². The van der Waals surface area contributed by atoms with Gasteiger partial charge in [0.05, 0.1) is 0 Å². The fraction of sp³-hybridized carbons (Fsp3) is 0.706. The summed E-state index contributed by atoms with van der Waals surface area (Å²) in [5.74, 6) is 0.350. The first-order valence-electron chi connectivity index (χ1n) is 8.35. The van der Waals surface area contributed by atoms with Gasteiger partial charge >= 0.3 is 0 Å². The SMILES string of the molecule is CCC(=O)N1CCCC1C1CCCN1CCc1cccs1. The molecule has 2 unspecified atom stereocenters. The van der Waals surface area contributed by atoms with Gasteiger partial charge in [0.1, 0.15) is 0 Å². The van der Waals surface area contributed by atoms with Crippen molar-refractivity contribution < 1.29 is 4.79 Å². The standard InChI is InChI=1S/C17H26N2OS/c1-2-17(20)19-11-4-8-16(19)15-7-3-10-18(15)12-9-14-6-5-13-21-14/h5-6,13,15-16H,2-4,7-12H2,1H3. The lowest BCUT2D eigenvalue weighted by atomic mass is 10.0. The van der Waals surface area contributed by atoms with Crippen molar-refractivity contribution in [3.05, 3.63) is 22.4 Å². The first-order chi connectivity index (χ1) is 10.3. The van der Waals surface area contributed by atoms with E-state index in [0.29, 0.717) is 24.4 Å². The number of hydrogen-bond acceptors (Lipinski definition) is 3. The predicted octanol–water partition coefficient (Wildman–Crippen LogP) is 3.16. The molecule has 2 aliphatic heterocycles. The van der Waals surface area contributed by atoms with Gasteiger partial charge in [-0.1, -0.05) is 13.0 Å². The molecular weight excluding hydrogens is 280 g/mol. The van der Waals surface area contributed by atoms with E-state index in [9.17, 15) is 4.79 Å². The highest BCUT2D eigenvalue weighted by molar-refractivity contribution is 7.09. The normalized spacial score (nSPS) is 26.6. The summed E-state index contributed by atoms with van der Waals surface area (Å²) in [5, 5.41) is 2.16. The quantitative estimate of drug-likeness (QED) is 0.834. The topological polar surface area (TPSA) is 23.6 Å². The Kier molecular flexibility index (Phi) is 4.96. The molecule has 1 aromatic rings. The van der Waals surface area contributed by atoms with E-state index in [1.807, 2.05) is 18.3 Å². The van der Waals surface area contributed by atoms with Crippen LogP contribution in [0.25, 0.3) is 0 Å². The minimum absolute atomic E-state index is 0.350. The van der Waals surface area contributed by atoms with Crippen LogP contribution in [0.5, 0.6) is 0 Å². The maximum Gasteiger partial charge on any atom is 0.222 e. The minimum atomic E-state index is 0.350. The lowest BCUT2D eigenvalue weighted by Crippen LogP contribution is -2.48. The van der Waals surface area contributed by atoms with E-state index in [0.717, 1.165) is 19.5 Å². The van der Waals surface area contributed by atoms with E-state index < -0.39 is 0 Å². The second-order valence-corrected chi connectivity index (χ2v) is 7.26. The zero-order valence-corrected chi connectivity index (χ0v) is 13.8. The first kappa shape index (κ1) is 15.0. The van der Waals surface area contributed by atoms with Crippen LogP contribution >= 0.6 is 11.3 Å². The highest BCUT2D eigenvalue weighted by Gasteiger charge is 2.38. The lowest BCUT2D eigenvalue weighted by molar-refractivity contribution is -0.132. The molecule has 0 saturated carbocycles. The van der Waals surface area contributed by atoms with Gasteiger partial charge in [0.25, 0.3) is 0 Å². The summed E-state index contributed by atoms with van der Waals surface area (Å²) < 4.78 is 0. The Labute approximate surface area is 131 Å². The average molecular weight is 306 g/mol. The second-order valence-electron chi connectivity index (χ2n) is 6.23. The van der Waals surface area contributed by atoms with Crippen molar-refractivity contribution >= 4 is 17.2 Å². The van der Waals surface area contributed by atoms with Gasteiger partial charge in [-0.05, 0) is 50.1 Å². The van der Waals surface area contributed by atoms with Crippen molar-refractivity contribution in [1.82, 2.24) is 9.80 Å². The summed E-state index contributed by atoms with van der Waals surface area (Å²) in [4.78, 5) is 18.4.